The van der Waals surface area contributed by atoms with E-state index in [0.717, 1.165) is 96.3 Å². The lowest BCUT2D eigenvalue weighted by atomic mass is 10.1. The molecule has 0 saturated carbocycles. The lowest BCUT2D eigenvalue weighted by Crippen LogP contribution is -2.37. The summed E-state index contributed by atoms with van der Waals surface area (Å²) in [5.41, 5.74) is 0. The fourth-order valence-corrected chi connectivity index (χ4v) is 6.25. The van der Waals surface area contributed by atoms with E-state index in [1.807, 2.05) is 21.1 Å². The zero-order valence-corrected chi connectivity index (χ0v) is 37.2. The van der Waals surface area contributed by atoms with E-state index in [0.29, 0.717) is 23.9 Å². The molecule has 0 spiro atoms. The number of carbonyl (C=O) groups excluding carboxylic acids is 2. The smallest absolute Gasteiger partial charge is 0.306 e. The number of phosphoric ester groups is 1. The minimum Gasteiger partial charge on any atom is -0.756 e. The molecule has 0 rings (SSSR count). The summed E-state index contributed by atoms with van der Waals surface area (Å²) >= 11 is 0. The molecule has 56 heavy (non-hydrogen) atoms. The molecule has 0 aliphatic heterocycles. The highest BCUT2D eigenvalue weighted by molar-refractivity contribution is 7.45. The number of hydrogen-bond donors (Lipinski definition) is 0. The number of carbonyl (C=O) groups is 2. The van der Waals surface area contributed by atoms with E-state index in [9.17, 15) is 19.0 Å². The summed E-state index contributed by atoms with van der Waals surface area (Å²) in [5.74, 6) is -0.871. The van der Waals surface area contributed by atoms with Gasteiger partial charge in [0.05, 0.1) is 27.7 Å². The third-order valence-electron chi connectivity index (χ3n) is 8.99. The van der Waals surface area contributed by atoms with E-state index in [1.165, 1.54) is 32.1 Å². The molecule has 2 unspecified atom stereocenters. The van der Waals surface area contributed by atoms with E-state index in [4.69, 9.17) is 18.5 Å². The van der Waals surface area contributed by atoms with Gasteiger partial charge in [-0.25, -0.2) is 0 Å². The second-order valence-electron chi connectivity index (χ2n) is 15.7. The monoisotopic (exact) mass is 808 g/mol. The normalized spacial score (nSPS) is 14.2. The molecule has 0 aliphatic carbocycles. The van der Waals surface area contributed by atoms with Crippen molar-refractivity contribution in [2.75, 3.05) is 47.5 Å². The molecule has 0 aliphatic rings. The second-order valence-corrected chi connectivity index (χ2v) is 17.1. The molecule has 2 atom stereocenters. The van der Waals surface area contributed by atoms with Crippen molar-refractivity contribution in [3.8, 4) is 0 Å². The fraction of sp³-hybridized carbons (Fsp3) is 0.739. The predicted octanol–water partition coefficient (Wildman–Crippen LogP) is 11.8. The third kappa shape index (κ3) is 41.3. The molecule has 9 nitrogen and oxygen atoms in total. The molecule has 0 heterocycles. The number of esters is 2. The Morgan fingerprint density at radius 2 is 1.00 bits per heavy atom. The van der Waals surface area contributed by atoms with Crippen LogP contribution in [0.1, 0.15) is 168 Å². The highest BCUT2D eigenvalue weighted by atomic mass is 31.2. The SMILES string of the molecule is CCC/C=C\C/C=C\CCCCCCCC(=O)OCC(COP(=O)([O-])OCC[N+](C)(C)C)OC(=O)CCCCCCCC/C=C\C/C=C\C/C=C\CCCCC. The van der Waals surface area contributed by atoms with Crippen LogP contribution < -0.4 is 4.89 Å². The van der Waals surface area contributed by atoms with Crippen LogP contribution >= 0.6 is 7.82 Å². The van der Waals surface area contributed by atoms with Crippen LogP contribution in [0.2, 0.25) is 0 Å². The quantitative estimate of drug-likeness (QED) is 0.0198. The third-order valence-corrected chi connectivity index (χ3v) is 9.96. The van der Waals surface area contributed by atoms with Gasteiger partial charge in [-0.05, 0) is 77.0 Å². The van der Waals surface area contributed by atoms with Gasteiger partial charge in [0, 0.05) is 12.8 Å². The zero-order valence-electron chi connectivity index (χ0n) is 36.3. The van der Waals surface area contributed by atoms with Crippen molar-refractivity contribution < 1.29 is 42.1 Å². The number of hydrogen-bond acceptors (Lipinski definition) is 8. The number of ether oxygens (including phenoxy) is 2. The first-order valence-corrected chi connectivity index (χ1v) is 23.5. The lowest BCUT2D eigenvalue weighted by molar-refractivity contribution is -0.870. The molecule has 10 heteroatoms. The Morgan fingerprint density at radius 3 is 1.50 bits per heavy atom. The maximum atomic E-state index is 12.7. The van der Waals surface area contributed by atoms with Gasteiger partial charge in [0.25, 0.3) is 7.82 Å². The molecule has 0 aromatic rings. The highest BCUT2D eigenvalue weighted by Crippen LogP contribution is 2.38. The first-order chi connectivity index (χ1) is 27.0. The van der Waals surface area contributed by atoms with Crippen molar-refractivity contribution >= 4 is 19.8 Å². The Hall–Kier alpha value is -2.29. The van der Waals surface area contributed by atoms with E-state index in [-0.39, 0.29) is 26.1 Å². The molecule has 324 valence electrons. The minimum atomic E-state index is -4.63. The maximum Gasteiger partial charge on any atom is 0.306 e. The largest absolute Gasteiger partial charge is 0.756 e. The molecule has 0 saturated heterocycles. The van der Waals surface area contributed by atoms with E-state index in [2.05, 4.69) is 74.6 Å². The number of nitrogens with zero attached hydrogens (tertiary/aromatic N) is 1. The average Bonchev–Trinajstić information content (AvgIpc) is 3.15. The molecule has 0 amide bonds. The van der Waals surface area contributed by atoms with E-state index < -0.39 is 32.5 Å². The summed E-state index contributed by atoms with van der Waals surface area (Å²) in [6, 6.07) is 0. The van der Waals surface area contributed by atoms with Crippen molar-refractivity contribution in [3.05, 3.63) is 60.8 Å². The molecule has 0 aromatic carbocycles. The molecule has 0 fully saturated rings. The van der Waals surface area contributed by atoms with Gasteiger partial charge in [-0.3, -0.25) is 14.2 Å². The van der Waals surface area contributed by atoms with Crippen LogP contribution in [0.15, 0.2) is 60.8 Å². The van der Waals surface area contributed by atoms with Crippen LogP contribution in [-0.2, 0) is 32.7 Å². The van der Waals surface area contributed by atoms with Crippen molar-refractivity contribution in [1.82, 2.24) is 0 Å². The van der Waals surface area contributed by atoms with E-state index in [1.54, 1.807) is 0 Å². The molecule has 0 N–H and O–H groups in total. The van der Waals surface area contributed by atoms with Crippen LogP contribution in [0.25, 0.3) is 0 Å². The Bertz CT molecular complexity index is 1140. The standard InChI is InChI=1S/C46H82NO8P/c1-6-8-10-12-14-16-18-20-21-22-23-24-25-27-29-31-33-35-37-39-46(49)55-44(43-54-56(50,51)53-41-40-47(3,4)5)42-52-45(48)38-36-34-32-30-28-26-19-17-15-13-11-9-7-2/h11,13-14,16-17,19-21,23-24,44H,6-10,12,15,18,22,25-43H2,1-5H3/b13-11-,16-14-,19-17-,21-20-,24-23-. The second kappa shape index (κ2) is 38.2. The Morgan fingerprint density at radius 1 is 0.554 bits per heavy atom. The number of likely N-dealkylation sites (N-methyl/N-ethyl adjacent to an activating group) is 1. The van der Waals surface area contributed by atoms with Crippen LogP contribution in [0.3, 0.4) is 0 Å². The Balaban J connectivity index is 4.40. The van der Waals surface area contributed by atoms with Gasteiger partial charge in [0.2, 0.25) is 0 Å². The van der Waals surface area contributed by atoms with Gasteiger partial charge in [-0.15, -0.1) is 0 Å². The van der Waals surface area contributed by atoms with Crippen LogP contribution in [-0.4, -0.2) is 70.0 Å². The molecule has 0 aromatic heterocycles. The van der Waals surface area contributed by atoms with Gasteiger partial charge < -0.3 is 27.9 Å². The number of quaternary nitrogens is 1. The summed E-state index contributed by atoms with van der Waals surface area (Å²) in [7, 11) is 1.14. The van der Waals surface area contributed by atoms with Gasteiger partial charge in [0.15, 0.2) is 6.10 Å². The van der Waals surface area contributed by atoms with Crippen LogP contribution in [0.5, 0.6) is 0 Å². The predicted molar refractivity (Wildman–Crippen MR) is 231 cm³/mol. The van der Waals surface area contributed by atoms with Crippen molar-refractivity contribution in [2.24, 2.45) is 0 Å². The van der Waals surface area contributed by atoms with E-state index >= 15 is 0 Å². The van der Waals surface area contributed by atoms with Gasteiger partial charge in [0.1, 0.15) is 19.8 Å². The summed E-state index contributed by atoms with van der Waals surface area (Å²) in [4.78, 5) is 37.5. The van der Waals surface area contributed by atoms with Crippen molar-refractivity contribution in [3.63, 3.8) is 0 Å². The Labute approximate surface area is 343 Å². The topological polar surface area (TPSA) is 111 Å². The fourth-order valence-electron chi connectivity index (χ4n) is 5.52. The highest BCUT2D eigenvalue weighted by Gasteiger charge is 2.21. The molecular weight excluding hydrogens is 725 g/mol. The number of unbranched alkanes of at least 4 members (excludes halogenated alkanes) is 15. The number of phosphoric acid groups is 1. The van der Waals surface area contributed by atoms with Crippen molar-refractivity contribution in [2.45, 2.75) is 174 Å². The number of allylic oxidation sites excluding steroid dienone is 10. The number of rotatable bonds is 39. The first kappa shape index (κ1) is 53.7. The van der Waals surface area contributed by atoms with Gasteiger partial charge in [-0.2, -0.15) is 0 Å². The Kier molecular flexibility index (Phi) is 36.7. The van der Waals surface area contributed by atoms with Gasteiger partial charge in [-0.1, -0.05) is 139 Å². The average molecular weight is 808 g/mol. The first-order valence-electron chi connectivity index (χ1n) is 22.0. The molecule has 0 bridgehead atoms. The van der Waals surface area contributed by atoms with Gasteiger partial charge >= 0.3 is 11.9 Å². The minimum absolute atomic E-state index is 0.0387. The summed E-state index contributed by atoms with van der Waals surface area (Å²) in [6.45, 7) is 4.09. The summed E-state index contributed by atoms with van der Waals surface area (Å²) in [6.07, 6.45) is 45.3. The summed E-state index contributed by atoms with van der Waals surface area (Å²) in [5, 5.41) is 0. The van der Waals surface area contributed by atoms with Crippen LogP contribution in [0, 0.1) is 0 Å². The zero-order chi connectivity index (χ0) is 41.4. The molecular formula is C46H82NO8P. The lowest BCUT2D eigenvalue weighted by Gasteiger charge is -2.28. The van der Waals surface area contributed by atoms with Crippen LogP contribution in [0.4, 0.5) is 0 Å². The maximum absolute atomic E-state index is 12.7. The van der Waals surface area contributed by atoms with Crippen molar-refractivity contribution in [1.29, 1.82) is 0 Å². The summed E-state index contributed by atoms with van der Waals surface area (Å²) < 4.78 is 33.9. The molecule has 0 radical (unpaired) electrons.